The maximum absolute atomic E-state index is 6.37. The number of unbranched alkanes of at least 4 members (excludes halogenated alkanes) is 7. The number of H-pyrrole nitrogens is 4. The molecule has 0 saturated carbocycles. The number of aromatic nitrogens is 12. The van der Waals surface area contributed by atoms with Gasteiger partial charge in [-0.05, 0) is 371 Å². The van der Waals surface area contributed by atoms with Gasteiger partial charge in [0.1, 0.15) is 0 Å². The number of piperidine rings is 3. The number of nitrogens with one attached hydrogen (secondary N) is 4. The Labute approximate surface area is 772 Å². The predicted molar refractivity (Wildman–Crippen MR) is 516 cm³/mol. The van der Waals surface area contributed by atoms with E-state index in [9.17, 15) is 0 Å². The van der Waals surface area contributed by atoms with Crippen LogP contribution < -0.4 is 0 Å². The van der Waals surface area contributed by atoms with Crippen LogP contribution in [0.4, 0.5) is 0 Å². The van der Waals surface area contributed by atoms with Crippen LogP contribution in [0.25, 0.3) is 5.57 Å². The molecule has 0 radical (unpaired) electrons. The molecule has 4 aliphatic heterocycles. The number of hydrogen-bond donors (Lipinski definition) is 4. The minimum atomic E-state index is 0.234. The van der Waals surface area contributed by atoms with Crippen molar-refractivity contribution in [2.75, 3.05) is 91.6 Å². The number of aryl methyl sites for hydroxylation is 12. The number of halogens is 4. The van der Waals surface area contributed by atoms with Crippen molar-refractivity contribution in [2.24, 2.45) is 11.8 Å². The molecule has 0 amide bonds. The van der Waals surface area contributed by atoms with Crippen molar-refractivity contribution in [1.29, 1.82) is 0 Å². The first kappa shape index (κ1) is 90.0. The van der Waals surface area contributed by atoms with E-state index in [0.29, 0.717) is 23.7 Å². The minimum Gasteiger partial charge on any atom is -0.348 e. The highest BCUT2D eigenvalue weighted by Crippen LogP contribution is 2.47. The summed E-state index contributed by atoms with van der Waals surface area (Å²) in [6.07, 6.45) is 56.5. The summed E-state index contributed by atoms with van der Waals surface area (Å²) >= 11 is 25.4. The van der Waals surface area contributed by atoms with Crippen molar-refractivity contribution in [3.8, 4) is 0 Å². The lowest BCUT2D eigenvalue weighted by molar-refractivity contribution is 0.106. The number of pyridine rings is 4. The molecule has 4 aliphatic carbocycles. The average molecular weight is 1780 g/mol. The molecular formula is C106H127Cl4N17. The van der Waals surface area contributed by atoms with Crippen LogP contribution in [0.1, 0.15) is 239 Å². The number of hydrogen-bond acceptors (Lipinski definition) is 13. The van der Waals surface area contributed by atoms with Crippen LogP contribution in [0.5, 0.6) is 0 Å². The smallest absolute Gasteiger partial charge is 0.0921 e. The standard InChI is InChI=1S/C27H33ClN4.C27H31ClN4.C26H32ClN5.C26H31ClN4/c2*28-23-9-10-25-22(17-23)8-7-21-5-4-13-30-27(21)26(25)20-11-15-32(16-12-20)14-3-1-2-6-24-18-29-19-31-24;27-22-9-10-24-21(17-22)8-7-20-5-4-11-29-25(20)26(24)32-15-13-31(14-16-32)12-3-1-2-6-23-18-28-19-30-23;27-22-8-9-24-21(16-22)7-6-20-4-3-12-29-26(20)25(24)19-10-14-31(15-11-19)13-2-1-5-23-17-28-18-30-23/h4-5,9-10,13,17-20,26H,1-3,6-8,11-12,14-16H2,(H,29,31);4-5,9-10,13,17-19H,1-3,6-8,11-12,14-16H2,(H,29,31);4-5,9-11,17-19,26H,1-3,6-8,12-16H2,(H,28,30);3-4,8-9,12,16-19,25H,1-2,5-7,10-11,13-15H2,(H,28,30). The fourth-order valence-corrected chi connectivity index (χ4v) is 22.4. The molecule has 0 bridgehead atoms. The molecule has 8 aromatic heterocycles. The van der Waals surface area contributed by atoms with Crippen LogP contribution in [0.3, 0.4) is 0 Å². The monoisotopic (exact) mass is 1780 g/mol. The zero-order valence-electron chi connectivity index (χ0n) is 74.1. The third-order valence-electron chi connectivity index (χ3n) is 28.5. The highest BCUT2D eigenvalue weighted by molar-refractivity contribution is 6.31. The van der Waals surface area contributed by atoms with Gasteiger partial charge in [-0.3, -0.25) is 24.8 Å². The van der Waals surface area contributed by atoms with Gasteiger partial charge in [-0.2, -0.15) is 0 Å². The second-order valence-electron chi connectivity index (χ2n) is 36.6. The van der Waals surface area contributed by atoms with Crippen LogP contribution in [0.15, 0.2) is 202 Å². The number of benzene rings is 4. The Bertz CT molecular complexity index is 5260. The van der Waals surface area contributed by atoms with Crippen molar-refractivity contribution in [3.63, 3.8) is 0 Å². The van der Waals surface area contributed by atoms with Gasteiger partial charge in [0.2, 0.25) is 0 Å². The van der Waals surface area contributed by atoms with Gasteiger partial charge < -0.3 is 39.5 Å². The van der Waals surface area contributed by atoms with E-state index < -0.39 is 0 Å². The van der Waals surface area contributed by atoms with Gasteiger partial charge in [0.25, 0.3) is 0 Å². The maximum Gasteiger partial charge on any atom is 0.0921 e. The molecule has 21 heteroatoms. The molecule has 4 fully saturated rings. The van der Waals surface area contributed by atoms with Crippen molar-refractivity contribution >= 4 is 52.0 Å². The number of nitrogens with zero attached hydrogens (tertiary/aromatic N) is 13. The molecule has 4 N–H and O–H groups in total. The van der Waals surface area contributed by atoms with E-state index in [-0.39, 0.29) is 6.04 Å². The molecule has 4 saturated heterocycles. The largest absolute Gasteiger partial charge is 0.348 e. The van der Waals surface area contributed by atoms with Crippen molar-refractivity contribution < 1.29 is 0 Å². The molecule has 3 atom stereocenters. The van der Waals surface area contributed by atoms with Crippen LogP contribution in [-0.4, -0.2) is 176 Å². The predicted octanol–water partition coefficient (Wildman–Crippen LogP) is 21.8. The Balaban J connectivity index is 0.000000119. The van der Waals surface area contributed by atoms with Crippen LogP contribution >= 0.6 is 46.4 Å². The summed E-state index contributed by atoms with van der Waals surface area (Å²) in [6.45, 7) is 16.3. The van der Waals surface area contributed by atoms with E-state index in [1.807, 2.05) is 61.7 Å². The van der Waals surface area contributed by atoms with Crippen molar-refractivity contribution in [2.45, 2.75) is 204 Å². The van der Waals surface area contributed by atoms with Gasteiger partial charge in [0.15, 0.2) is 0 Å². The molecule has 17 nitrogen and oxygen atoms in total. The van der Waals surface area contributed by atoms with E-state index in [1.165, 1.54) is 267 Å². The number of piperazine rings is 1. The van der Waals surface area contributed by atoms with Gasteiger partial charge >= 0.3 is 0 Å². The summed E-state index contributed by atoms with van der Waals surface area (Å²) in [4.78, 5) is 62.0. The van der Waals surface area contributed by atoms with E-state index in [0.717, 1.165) is 149 Å². The Hall–Kier alpha value is -8.98. The first-order valence-corrected chi connectivity index (χ1v) is 49.3. The zero-order chi connectivity index (χ0) is 86.3. The highest BCUT2D eigenvalue weighted by Gasteiger charge is 2.38. The highest BCUT2D eigenvalue weighted by atomic mass is 35.5. The molecule has 3 unspecified atom stereocenters. The Morgan fingerprint density at radius 2 is 0.654 bits per heavy atom. The number of imidazole rings is 4. The van der Waals surface area contributed by atoms with Gasteiger partial charge in [-0.1, -0.05) is 120 Å². The van der Waals surface area contributed by atoms with E-state index >= 15 is 0 Å². The van der Waals surface area contributed by atoms with Crippen LogP contribution in [-0.2, 0) is 77.0 Å². The van der Waals surface area contributed by atoms with E-state index in [1.54, 1.807) is 30.9 Å². The van der Waals surface area contributed by atoms with Crippen LogP contribution in [0, 0.1) is 11.8 Å². The molecule has 0 spiro atoms. The molecule has 664 valence electrons. The summed E-state index contributed by atoms with van der Waals surface area (Å²) in [5.74, 6) is 2.09. The van der Waals surface area contributed by atoms with E-state index in [4.69, 9.17) is 66.3 Å². The maximum atomic E-state index is 6.37. The summed E-state index contributed by atoms with van der Waals surface area (Å²) in [6, 6.07) is 43.5. The second-order valence-corrected chi connectivity index (χ2v) is 38.3. The van der Waals surface area contributed by atoms with E-state index in [2.05, 4.69) is 174 Å². The fraction of sp³-hybridized carbons (Fsp3) is 0.453. The Kier molecular flexibility index (Phi) is 32.3. The third kappa shape index (κ3) is 24.0. The van der Waals surface area contributed by atoms with Gasteiger partial charge in [0.05, 0.1) is 54.1 Å². The topological polar surface area (TPSA) is 182 Å². The number of rotatable bonds is 26. The quantitative estimate of drug-likeness (QED) is 0.0376. The van der Waals surface area contributed by atoms with Gasteiger partial charge in [0, 0.05) is 149 Å². The minimum absolute atomic E-state index is 0.234. The zero-order valence-corrected chi connectivity index (χ0v) is 77.1. The summed E-state index contributed by atoms with van der Waals surface area (Å²) in [5.41, 5.74) is 29.8. The number of aromatic amines is 4. The van der Waals surface area contributed by atoms with Gasteiger partial charge in [-0.15, -0.1) is 0 Å². The summed E-state index contributed by atoms with van der Waals surface area (Å²) in [5, 5.41) is 3.36. The molecule has 4 aromatic carbocycles. The Morgan fingerprint density at radius 1 is 0.307 bits per heavy atom. The third-order valence-corrected chi connectivity index (χ3v) is 29.4. The van der Waals surface area contributed by atoms with Crippen LogP contribution in [0.2, 0.25) is 20.1 Å². The lowest BCUT2D eigenvalue weighted by atomic mass is 9.76. The Morgan fingerprint density at radius 3 is 1.10 bits per heavy atom. The number of likely N-dealkylation sites (tertiary alicyclic amines) is 3. The lowest BCUT2D eigenvalue weighted by Crippen LogP contribution is -2.48. The molecular weight excluding hydrogens is 1650 g/mol. The lowest BCUT2D eigenvalue weighted by Gasteiger charge is -2.39. The van der Waals surface area contributed by atoms with Crippen molar-refractivity contribution in [1.82, 2.24) is 84.3 Å². The number of fused-ring (bicyclic) bond motifs is 8. The molecule has 127 heavy (non-hydrogen) atoms. The summed E-state index contributed by atoms with van der Waals surface area (Å²) in [7, 11) is 0. The van der Waals surface area contributed by atoms with Crippen molar-refractivity contribution in [3.05, 3.63) is 334 Å². The van der Waals surface area contributed by atoms with Gasteiger partial charge in [-0.25, -0.2) is 19.9 Å². The molecule has 12 heterocycles. The average Bonchev–Trinajstić information content (AvgIpc) is 1.75. The molecule has 20 rings (SSSR count). The fourth-order valence-electron chi connectivity index (χ4n) is 21.6. The molecule has 8 aliphatic rings. The summed E-state index contributed by atoms with van der Waals surface area (Å²) < 4.78 is 0. The SMILES string of the molecule is Clc1ccc2c(c1)CCc1cccnc1C2=C1CCN(CCCCCc2cnc[nH]2)CC1.Clc1ccc2c(c1)CCc1cccnc1C2C1CCN(CCCCCc2cnc[nH]2)CC1.Clc1ccc2c(c1)CCc1cccnc1C2C1CCN(CCCCc2cnc[nH]2)CC1.Clc1ccc2c(c1)CCc1cccnc1C2N1CCN(CCCCCc2cnc[nH]2)CC1. The first-order chi connectivity index (χ1) is 62.6. The normalized spacial score (nSPS) is 18.7. The first-order valence-electron chi connectivity index (χ1n) is 47.7. The second kappa shape index (κ2) is 45.5. The molecule has 12 aromatic rings.